The summed E-state index contributed by atoms with van der Waals surface area (Å²) in [5.41, 5.74) is 0.705. The van der Waals surface area contributed by atoms with Crippen LogP contribution in [0, 0.1) is 5.41 Å². The zero-order valence-corrected chi connectivity index (χ0v) is 14.4. The molecule has 25 heavy (non-hydrogen) atoms. The standard InChI is InChI=1S/C20H22N4O/c1-3-24-17(14-21)18(22-2)23-19(24)20(25,15-10-6-4-7-11-15)16-12-8-5-9-13-16/h4-14,21-22,25H,3H2,1-2H3. The minimum Gasteiger partial charge on any atom is -0.373 e. The van der Waals surface area contributed by atoms with Crippen molar-refractivity contribution in [3.63, 3.8) is 0 Å². The molecule has 3 rings (SSSR count). The fourth-order valence-corrected chi connectivity index (χ4v) is 3.18. The van der Waals surface area contributed by atoms with Crippen molar-refractivity contribution in [2.75, 3.05) is 12.4 Å². The average Bonchev–Trinajstić information content (AvgIpc) is 3.06. The molecule has 0 saturated heterocycles. The lowest BCUT2D eigenvalue weighted by Crippen LogP contribution is -2.33. The molecule has 0 radical (unpaired) electrons. The molecule has 2 aromatic carbocycles. The molecule has 0 amide bonds. The van der Waals surface area contributed by atoms with Gasteiger partial charge in [-0.15, -0.1) is 0 Å². The Kier molecular flexibility index (Phi) is 4.67. The van der Waals surface area contributed by atoms with Gasteiger partial charge in [0.2, 0.25) is 0 Å². The highest BCUT2D eigenvalue weighted by molar-refractivity contribution is 5.82. The molecule has 0 saturated carbocycles. The van der Waals surface area contributed by atoms with Gasteiger partial charge in [-0.3, -0.25) is 0 Å². The van der Waals surface area contributed by atoms with Crippen LogP contribution < -0.4 is 5.32 Å². The van der Waals surface area contributed by atoms with Crippen molar-refractivity contribution < 1.29 is 5.11 Å². The molecule has 0 aliphatic carbocycles. The van der Waals surface area contributed by atoms with Crippen LogP contribution in [-0.2, 0) is 12.1 Å². The molecule has 0 aliphatic heterocycles. The van der Waals surface area contributed by atoms with Crippen molar-refractivity contribution >= 4 is 12.0 Å². The Morgan fingerprint density at radius 1 is 1.08 bits per heavy atom. The smallest absolute Gasteiger partial charge is 0.173 e. The van der Waals surface area contributed by atoms with Crippen LogP contribution in [0.15, 0.2) is 60.7 Å². The fourth-order valence-electron chi connectivity index (χ4n) is 3.18. The van der Waals surface area contributed by atoms with Crippen LogP contribution in [0.4, 0.5) is 5.82 Å². The highest BCUT2D eigenvalue weighted by Gasteiger charge is 2.39. The average molecular weight is 334 g/mol. The van der Waals surface area contributed by atoms with Gasteiger partial charge in [0.25, 0.3) is 0 Å². The first-order valence-corrected chi connectivity index (χ1v) is 8.29. The Bertz CT molecular complexity index is 817. The first-order valence-electron chi connectivity index (χ1n) is 8.29. The summed E-state index contributed by atoms with van der Waals surface area (Å²) < 4.78 is 1.87. The maximum atomic E-state index is 11.9. The monoisotopic (exact) mass is 334 g/mol. The predicted octanol–water partition coefficient (Wildman–Crippen LogP) is 3.23. The third-order valence-electron chi connectivity index (χ3n) is 4.40. The summed E-state index contributed by atoms with van der Waals surface area (Å²) in [4.78, 5) is 4.65. The van der Waals surface area contributed by atoms with Gasteiger partial charge in [0.15, 0.2) is 17.2 Å². The van der Waals surface area contributed by atoms with E-state index in [1.165, 1.54) is 6.21 Å². The lowest BCUT2D eigenvalue weighted by Gasteiger charge is -2.29. The second-order valence-electron chi connectivity index (χ2n) is 5.75. The minimum atomic E-state index is -1.41. The molecule has 3 N–H and O–H groups in total. The second kappa shape index (κ2) is 6.91. The summed E-state index contributed by atoms with van der Waals surface area (Å²) >= 11 is 0. The lowest BCUT2D eigenvalue weighted by molar-refractivity contribution is 0.111. The summed E-state index contributed by atoms with van der Waals surface area (Å²) in [6.07, 6.45) is 1.27. The first kappa shape index (κ1) is 16.9. The quantitative estimate of drug-likeness (QED) is 0.606. The Morgan fingerprint density at radius 2 is 1.60 bits per heavy atom. The Hall–Kier alpha value is -2.92. The number of aliphatic hydroxyl groups is 1. The number of aromatic nitrogens is 2. The SMILES string of the molecule is CCn1c(C(O)(c2ccccc2)c2ccccc2)nc(NC)c1C=N. The fraction of sp³-hybridized carbons (Fsp3) is 0.200. The molecular formula is C20H22N4O. The van der Waals surface area contributed by atoms with Gasteiger partial charge in [-0.2, -0.15) is 0 Å². The van der Waals surface area contributed by atoms with Crippen LogP contribution in [0.3, 0.4) is 0 Å². The van der Waals surface area contributed by atoms with E-state index in [0.717, 1.165) is 11.1 Å². The van der Waals surface area contributed by atoms with Crippen LogP contribution in [0.5, 0.6) is 0 Å². The zero-order chi connectivity index (χ0) is 17.9. The van der Waals surface area contributed by atoms with Crippen molar-refractivity contribution in [3.05, 3.63) is 83.3 Å². The van der Waals surface area contributed by atoms with E-state index in [9.17, 15) is 5.11 Å². The molecule has 128 valence electrons. The predicted molar refractivity (Wildman–Crippen MR) is 100 cm³/mol. The molecule has 0 spiro atoms. The molecule has 0 fully saturated rings. The van der Waals surface area contributed by atoms with Gasteiger partial charge in [-0.05, 0) is 18.1 Å². The van der Waals surface area contributed by atoms with Gasteiger partial charge in [0.05, 0.1) is 0 Å². The van der Waals surface area contributed by atoms with E-state index in [4.69, 9.17) is 5.41 Å². The summed E-state index contributed by atoms with van der Waals surface area (Å²) in [7, 11) is 1.77. The van der Waals surface area contributed by atoms with E-state index < -0.39 is 5.60 Å². The molecular weight excluding hydrogens is 312 g/mol. The summed E-state index contributed by atoms with van der Waals surface area (Å²) in [5, 5.41) is 22.7. The number of anilines is 1. The molecule has 0 atom stereocenters. The third kappa shape index (κ3) is 2.72. The maximum Gasteiger partial charge on any atom is 0.173 e. The van der Waals surface area contributed by atoms with E-state index in [1.807, 2.05) is 72.2 Å². The van der Waals surface area contributed by atoms with Crippen molar-refractivity contribution in [2.24, 2.45) is 0 Å². The van der Waals surface area contributed by atoms with Gasteiger partial charge >= 0.3 is 0 Å². The topological polar surface area (TPSA) is 73.9 Å². The van der Waals surface area contributed by atoms with Gasteiger partial charge in [0.1, 0.15) is 5.69 Å². The van der Waals surface area contributed by atoms with Crippen molar-refractivity contribution in [3.8, 4) is 0 Å². The van der Waals surface area contributed by atoms with E-state index in [0.29, 0.717) is 23.9 Å². The second-order valence-corrected chi connectivity index (χ2v) is 5.75. The molecule has 5 heteroatoms. The highest BCUT2D eigenvalue weighted by atomic mass is 16.3. The van der Waals surface area contributed by atoms with E-state index in [2.05, 4.69) is 10.3 Å². The molecule has 0 unspecified atom stereocenters. The van der Waals surface area contributed by atoms with Crippen LogP contribution in [0.1, 0.15) is 29.6 Å². The van der Waals surface area contributed by atoms with Crippen molar-refractivity contribution in [1.82, 2.24) is 9.55 Å². The van der Waals surface area contributed by atoms with E-state index in [1.54, 1.807) is 7.05 Å². The molecule has 3 aromatic rings. The third-order valence-corrected chi connectivity index (χ3v) is 4.40. The minimum absolute atomic E-state index is 0.496. The number of imidazole rings is 1. The normalized spacial score (nSPS) is 11.3. The van der Waals surface area contributed by atoms with Crippen molar-refractivity contribution in [1.29, 1.82) is 5.41 Å². The number of benzene rings is 2. The van der Waals surface area contributed by atoms with Gasteiger partial charge in [0, 0.05) is 19.8 Å². The van der Waals surface area contributed by atoms with Gasteiger partial charge in [-0.25, -0.2) is 4.98 Å². The van der Waals surface area contributed by atoms with Crippen LogP contribution >= 0.6 is 0 Å². The van der Waals surface area contributed by atoms with Crippen molar-refractivity contribution in [2.45, 2.75) is 19.1 Å². The lowest BCUT2D eigenvalue weighted by atomic mass is 9.85. The van der Waals surface area contributed by atoms with E-state index >= 15 is 0 Å². The molecule has 0 aliphatic rings. The zero-order valence-electron chi connectivity index (χ0n) is 14.4. The Labute approximate surface area is 147 Å². The Balaban J connectivity index is 2.34. The van der Waals surface area contributed by atoms with Gasteiger partial charge in [-0.1, -0.05) is 60.7 Å². The van der Waals surface area contributed by atoms with Crippen LogP contribution in [-0.4, -0.2) is 27.9 Å². The Morgan fingerprint density at radius 3 is 2.00 bits per heavy atom. The van der Waals surface area contributed by atoms with Crippen LogP contribution in [0.25, 0.3) is 0 Å². The molecule has 0 bridgehead atoms. The highest BCUT2D eigenvalue weighted by Crippen LogP contribution is 2.37. The van der Waals surface area contributed by atoms with Gasteiger partial charge < -0.3 is 20.4 Å². The maximum absolute atomic E-state index is 11.9. The summed E-state index contributed by atoms with van der Waals surface area (Å²) in [6.45, 7) is 2.57. The largest absolute Gasteiger partial charge is 0.373 e. The number of nitrogens with one attached hydrogen (secondary N) is 2. The number of rotatable bonds is 6. The number of hydrogen-bond acceptors (Lipinski definition) is 4. The molecule has 5 nitrogen and oxygen atoms in total. The number of hydrogen-bond donors (Lipinski definition) is 3. The molecule has 1 aromatic heterocycles. The first-order chi connectivity index (χ1) is 12.2. The summed E-state index contributed by atoms with van der Waals surface area (Å²) in [5.74, 6) is 1.08. The van der Waals surface area contributed by atoms with Crippen LogP contribution in [0.2, 0.25) is 0 Å². The number of nitrogens with zero attached hydrogens (tertiary/aromatic N) is 2. The summed E-state index contributed by atoms with van der Waals surface area (Å²) in [6, 6.07) is 19.0. The van der Waals surface area contributed by atoms with E-state index in [-0.39, 0.29) is 0 Å². The molecule has 1 heterocycles.